The summed E-state index contributed by atoms with van der Waals surface area (Å²) in [7, 11) is 0. The summed E-state index contributed by atoms with van der Waals surface area (Å²) in [6.45, 7) is 3.00. The molecule has 3 rings (SSSR count). The minimum absolute atomic E-state index is 0.140. The van der Waals surface area contributed by atoms with Crippen LogP contribution in [-0.4, -0.2) is 23.5 Å². The first-order valence-corrected chi connectivity index (χ1v) is 7.88. The number of rotatable bonds is 2. The summed E-state index contributed by atoms with van der Waals surface area (Å²) in [4.78, 5) is 14.5. The second-order valence-corrected chi connectivity index (χ2v) is 6.20. The van der Waals surface area contributed by atoms with Crippen molar-refractivity contribution in [2.45, 2.75) is 57.5 Å². The lowest BCUT2D eigenvalue weighted by Crippen LogP contribution is -2.43. The molecule has 1 aromatic carbocycles. The summed E-state index contributed by atoms with van der Waals surface area (Å²) in [6.07, 6.45) is 7.00. The van der Waals surface area contributed by atoms with E-state index in [9.17, 15) is 4.79 Å². The van der Waals surface area contributed by atoms with Crippen LogP contribution in [0.25, 0.3) is 0 Å². The van der Waals surface area contributed by atoms with Gasteiger partial charge in [-0.3, -0.25) is 0 Å². The van der Waals surface area contributed by atoms with Crippen LogP contribution >= 0.6 is 0 Å². The molecule has 1 saturated carbocycles. The number of hydrogen-bond donors (Lipinski definition) is 1. The molecule has 1 saturated heterocycles. The second kappa shape index (κ2) is 5.86. The van der Waals surface area contributed by atoms with Gasteiger partial charge in [0.15, 0.2) is 0 Å². The molecule has 1 aromatic rings. The highest BCUT2D eigenvalue weighted by molar-refractivity contribution is 5.75. The molecule has 2 amide bonds. The van der Waals surface area contributed by atoms with Crippen molar-refractivity contribution in [1.29, 1.82) is 0 Å². The number of likely N-dealkylation sites (tertiary alicyclic amines) is 1. The number of urea groups is 1. The number of benzene rings is 1. The van der Waals surface area contributed by atoms with E-state index in [0.717, 1.165) is 32.2 Å². The lowest BCUT2D eigenvalue weighted by molar-refractivity contribution is 0.189. The average molecular weight is 272 g/mol. The Hall–Kier alpha value is -1.51. The molecule has 0 unspecified atom stereocenters. The van der Waals surface area contributed by atoms with Gasteiger partial charge in [0.05, 0.1) is 6.04 Å². The number of amides is 2. The van der Waals surface area contributed by atoms with E-state index >= 15 is 0 Å². The number of hydrogen-bond acceptors (Lipinski definition) is 1. The normalized spacial score (nSPS) is 23.2. The van der Waals surface area contributed by atoms with Crippen LogP contribution in [0.1, 0.15) is 55.7 Å². The Balaban J connectivity index is 1.70. The maximum Gasteiger partial charge on any atom is 0.318 e. The van der Waals surface area contributed by atoms with Gasteiger partial charge in [-0.1, -0.05) is 42.7 Å². The van der Waals surface area contributed by atoms with Crippen molar-refractivity contribution >= 4 is 6.03 Å². The van der Waals surface area contributed by atoms with Gasteiger partial charge in [-0.25, -0.2) is 4.79 Å². The molecule has 2 fully saturated rings. The lowest BCUT2D eigenvalue weighted by Gasteiger charge is -2.27. The molecular weight excluding hydrogens is 248 g/mol. The average Bonchev–Trinajstić information content (AvgIpc) is 3.09. The highest BCUT2D eigenvalue weighted by Gasteiger charge is 2.31. The fourth-order valence-corrected chi connectivity index (χ4v) is 3.56. The molecule has 3 nitrogen and oxygen atoms in total. The third-order valence-corrected chi connectivity index (χ3v) is 4.62. The molecule has 1 N–H and O–H groups in total. The van der Waals surface area contributed by atoms with E-state index in [4.69, 9.17) is 0 Å². The Labute approximate surface area is 121 Å². The number of nitrogens with zero attached hydrogens (tertiary/aromatic N) is 1. The highest BCUT2D eigenvalue weighted by Crippen LogP contribution is 2.32. The molecule has 20 heavy (non-hydrogen) atoms. The summed E-state index contributed by atoms with van der Waals surface area (Å²) in [5, 5.41) is 3.22. The number of carbonyl (C=O) groups excluding carboxylic acids is 1. The van der Waals surface area contributed by atoms with Gasteiger partial charge in [-0.15, -0.1) is 0 Å². The first kappa shape index (κ1) is 13.5. The van der Waals surface area contributed by atoms with Crippen LogP contribution in [-0.2, 0) is 0 Å². The van der Waals surface area contributed by atoms with Crippen LogP contribution in [0.2, 0.25) is 0 Å². The Morgan fingerprint density at radius 2 is 2.00 bits per heavy atom. The van der Waals surface area contributed by atoms with Crippen molar-refractivity contribution < 1.29 is 4.79 Å². The fraction of sp³-hybridized carbons (Fsp3) is 0.588. The van der Waals surface area contributed by atoms with Crippen molar-refractivity contribution in [3.8, 4) is 0 Å². The van der Waals surface area contributed by atoms with E-state index < -0.39 is 0 Å². The number of aryl methyl sites for hydroxylation is 1. The van der Waals surface area contributed by atoms with Crippen LogP contribution in [0.4, 0.5) is 4.79 Å². The van der Waals surface area contributed by atoms with Gasteiger partial charge in [-0.05, 0) is 38.2 Å². The zero-order valence-electron chi connectivity index (χ0n) is 12.3. The van der Waals surface area contributed by atoms with Crippen molar-refractivity contribution in [1.82, 2.24) is 10.2 Å². The van der Waals surface area contributed by atoms with Crippen LogP contribution in [0, 0.1) is 6.92 Å². The Morgan fingerprint density at radius 3 is 2.75 bits per heavy atom. The van der Waals surface area contributed by atoms with Gasteiger partial charge in [0.2, 0.25) is 0 Å². The molecule has 1 atom stereocenters. The quantitative estimate of drug-likeness (QED) is 0.873. The Kier molecular flexibility index (Phi) is 3.95. The molecule has 108 valence electrons. The van der Waals surface area contributed by atoms with Gasteiger partial charge >= 0.3 is 6.03 Å². The smallest absolute Gasteiger partial charge is 0.318 e. The third-order valence-electron chi connectivity index (χ3n) is 4.62. The molecule has 3 heteroatoms. The van der Waals surface area contributed by atoms with Crippen molar-refractivity contribution in [2.24, 2.45) is 0 Å². The first-order valence-electron chi connectivity index (χ1n) is 7.88. The minimum Gasteiger partial charge on any atom is -0.335 e. The van der Waals surface area contributed by atoms with Crippen LogP contribution in [0.15, 0.2) is 24.3 Å². The lowest BCUT2D eigenvalue weighted by atomic mass is 10.0. The molecule has 2 aliphatic rings. The molecule has 1 aliphatic heterocycles. The van der Waals surface area contributed by atoms with E-state index in [1.165, 1.54) is 24.0 Å². The zero-order valence-corrected chi connectivity index (χ0v) is 12.3. The molecule has 1 aliphatic carbocycles. The third kappa shape index (κ3) is 2.82. The van der Waals surface area contributed by atoms with E-state index in [0.29, 0.717) is 6.04 Å². The van der Waals surface area contributed by atoms with Gasteiger partial charge < -0.3 is 10.2 Å². The Bertz CT molecular complexity index is 480. The van der Waals surface area contributed by atoms with Crippen LogP contribution in [0.3, 0.4) is 0 Å². The maximum absolute atomic E-state index is 12.5. The van der Waals surface area contributed by atoms with Gasteiger partial charge in [0.25, 0.3) is 0 Å². The largest absolute Gasteiger partial charge is 0.335 e. The number of nitrogens with one attached hydrogen (secondary N) is 1. The van der Waals surface area contributed by atoms with Crippen molar-refractivity contribution in [3.63, 3.8) is 0 Å². The Morgan fingerprint density at radius 1 is 1.20 bits per heavy atom. The first-order chi connectivity index (χ1) is 9.74. The van der Waals surface area contributed by atoms with E-state index in [-0.39, 0.29) is 12.1 Å². The monoisotopic (exact) mass is 272 g/mol. The summed E-state index contributed by atoms with van der Waals surface area (Å²) in [5.41, 5.74) is 2.55. The van der Waals surface area contributed by atoms with Crippen LogP contribution in [0.5, 0.6) is 0 Å². The maximum atomic E-state index is 12.5. The number of carbonyl (C=O) groups is 1. The molecule has 0 radical (unpaired) electrons. The molecule has 0 aromatic heterocycles. The summed E-state index contributed by atoms with van der Waals surface area (Å²) >= 11 is 0. The summed E-state index contributed by atoms with van der Waals surface area (Å²) in [5.74, 6) is 0. The SMILES string of the molecule is Cc1cccc([C@H]2CCCN2C(=O)NC2CCCC2)c1. The predicted octanol–water partition coefficient (Wildman–Crippen LogP) is 3.78. The molecule has 1 heterocycles. The summed E-state index contributed by atoms with van der Waals surface area (Å²) < 4.78 is 0. The van der Waals surface area contributed by atoms with Gasteiger partial charge in [0.1, 0.15) is 0 Å². The minimum atomic E-state index is 0.140. The van der Waals surface area contributed by atoms with Crippen molar-refractivity contribution in [3.05, 3.63) is 35.4 Å². The van der Waals surface area contributed by atoms with Gasteiger partial charge in [0, 0.05) is 12.6 Å². The standard InChI is InChI=1S/C17H24N2O/c1-13-6-4-7-14(12-13)16-10-5-11-19(16)17(20)18-15-8-2-3-9-15/h4,6-7,12,15-16H,2-3,5,8-11H2,1H3,(H,18,20)/t16-/m1/s1. The highest BCUT2D eigenvalue weighted by atomic mass is 16.2. The van der Waals surface area contributed by atoms with Crippen LogP contribution < -0.4 is 5.32 Å². The van der Waals surface area contributed by atoms with E-state index in [1.807, 2.05) is 4.90 Å². The molecule has 0 bridgehead atoms. The van der Waals surface area contributed by atoms with E-state index in [2.05, 4.69) is 36.5 Å². The van der Waals surface area contributed by atoms with Crippen molar-refractivity contribution in [2.75, 3.05) is 6.54 Å². The topological polar surface area (TPSA) is 32.3 Å². The molecular formula is C17H24N2O. The van der Waals surface area contributed by atoms with Gasteiger partial charge in [-0.2, -0.15) is 0 Å². The summed E-state index contributed by atoms with van der Waals surface area (Å²) in [6, 6.07) is 9.38. The fourth-order valence-electron chi connectivity index (χ4n) is 3.56. The molecule has 0 spiro atoms. The predicted molar refractivity (Wildman–Crippen MR) is 80.6 cm³/mol. The van der Waals surface area contributed by atoms with E-state index in [1.54, 1.807) is 0 Å². The zero-order chi connectivity index (χ0) is 13.9. The second-order valence-electron chi connectivity index (χ2n) is 6.20.